The Labute approximate surface area is 163 Å². The largest absolute Gasteiger partial charge is 0.369 e. The first-order valence-corrected chi connectivity index (χ1v) is 9.53. The van der Waals surface area contributed by atoms with E-state index in [0.717, 1.165) is 38.0 Å². The molecule has 2 aromatic rings. The second-order valence-corrected chi connectivity index (χ2v) is 7.16. The number of benzene rings is 1. The Hall–Kier alpha value is -2.38. The van der Waals surface area contributed by atoms with E-state index in [1.807, 2.05) is 18.2 Å². The zero-order valence-electron chi connectivity index (χ0n) is 15.1. The van der Waals surface area contributed by atoms with Crippen molar-refractivity contribution in [2.75, 3.05) is 26.2 Å². The van der Waals surface area contributed by atoms with Crippen LogP contribution in [0.4, 0.5) is 0 Å². The number of nitrogens with zero attached hydrogens (tertiary/aromatic N) is 3. The molecule has 8 heteroatoms. The molecule has 0 radical (unpaired) electrons. The molecule has 1 unspecified atom stereocenters. The first-order chi connectivity index (χ1) is 13.0. The quantitative estimate of drug-likeness (QED) is 0.706. The second-order valence-electron chi connectivity index (χ2n) is 6.75. The molecule has 1 aromatic carbocycles. The van der Waals surface area contributed by atoms with Crippen LogP contribution >= 0.6 is 11.6 Å². The predicted molar refractivity (Wildman–Crippen MR) is 104 cm³/mol. The molecule has 3 N–H and O–H groups in total. The van der Waals surface area contributed by atoms with Crippen LogP contribution in [0.25, 0.3) is 5.69 Å². The van der Waals surface area contributed by atoms with Crippen molar-refractivity contribution in [3.05, 3.63) is 47.2 Å². The third-order valence-corrected chi connectivity index (χ3v) is 5.09. The maximum absolute atomic E-state index is 12.3. The molecule has 0 spiro atoms. The van der Waals surface area contributed by atoms with Crippen molar-refractivity contribution < 1.29 is 9.59 Å². The van der Waals surface area contributed by atoms with Gasteiger partial charge < -0.3 is 16.0 Å². The zero-order valence-corrected chi connectivity index (χ0v) is 15.9. The summed E-state index contributed by atoms with van der Waals surface area (Å²) in [4.78, 5) is 25.8. The van der Waals surface area contributed by atoms with E-state index < -0.39 is 0 Å². The molecule has 7 nitrogen and oxygen atoms in total. The molecule has 1 atom stereocenters. The van der Waals surface area contributed by atoms with Gasteiger partial charge in [0, 0.05) is 19.3 Å². The Morgan fingerprint density at radius 3 is 2.89 bits per heavy atom. The van der Waals surface area contributed by atoms with Crippen LogP contribution < -0.4 is 11.1 Å². The van der Waals surface area contributed by atoms with Crippen LogP contribution in [-0.2, 0) is 4.79 Å². The van der Waals surface area contributed by atoms with Crippen molar-refractivity contribution in [2.24, 2.45) is 11.7 Å². The number of hydrogen-bond donors (Lipinski definition) is 2. The van der Waals surface area contributed by atoms with Crippen LogP contribution in [0.2, 0.25) is 5.02 Å². The summed E-state index contributed by atoms with van der Waals surface area (Å²) in [6.45, 7) is 3.07. The molecule has 3 rings (SSSR count). The summed E-state index contributed by atoms with van der Waals surface area (Å²) in [5.41, 5.74) is 6.48. The van der Waals surface area contributed by atoms with Crippen molar-refractivity contribution in [3.63, 3.8) is 0 Å². The average Bonchev–Trinajstić information content (AvgIpc) is 3.15. The van der Waals surface area contributed by atoms with Crippen molar-refractivity contribution in [1.82, 2.24) is 20.0 Å². The summed E-state index contributed by atoms with van der Waals surface area (Å²) in [5, 5.41) is 7.76. The number of halogens is 1. The zero-order chi connectivity index (χ0) is 19.2. The molecule has 27 heavy (non-hydrogen) atoms. The fraction of sp³-hybridized carbons (Fsp3) is 0.421. The van der Waals surface area contributed by atoms with Gasteiger partial charge in [0.25, 0.3) is 5.91 Å². The van der Waals surface area contributed by atoms with Gasteiger partial charge in [-0.05, 0) is 50.6 Å². The third-order valence-electron chi connectivity index (χ3n) is 4.77. The number of nitrogens with one attached hydrogen (secondary N) is 1. The Balaban J connectivity index is 1.45. The standard InChI is InChI=1S/C19H24ClN5O2/c20-15-6-1-2-7-17(15)25-12-8-16(23-25)19(27)22-9-4-11-24-10-3-5-14(13-24)18(21)26/h1-2,6-8,12,14H,3-5,9-11,13H2,(H2,21,26)(H,22,27). The molecule has 1 aromatic heterocycles. The lowest BCUT2D eigenvalue weighted by Crippen LogP contribution is -2.42. The molecule has 2 amide bonds. The minimum absolute atomic E-state index is 0.0536. The summed E-state index contributed by atoms with van der Waals surface area (Å²) >= 11 is 6.16. The highest BCUT2D eigenvalue weighted by Crippen LogP contribution is 2.19. The van der Waals surface area contributed by atoms with E-state index in [1.165, 1.54) is 0 Å². The highest BCUT2D eigenvalue weighted by atomic mass is 35.5. The number of para-hydroxylation sites is 1. The smallest absolute Gasteiger partial charge is 0.271 e. The molecule has 144 valence electrons. The Bertz CT molecular complexity index is 807. The van der Waals surface area contributed by atoms with Crippen LogP contribution in [0.3, 0.4) is 0 Å². The van der Waals surface area contributed by atoms with Gasteiger partial charge >= 0.3 is 0 Å². The fourth-order valence-corrected chi connectivity index (χ4v) is 3.53. The first-order valence-electron chi connectivity index (χ1n) is 9.15. The SMILES string of the molecule is NC(=O)C1CCCN(CCCNC(=O)c2ccn(-c3ccccc3Cl)n2)C1. The number of primary amides is 1. The number of amides is 2. The predicted octanol–water partition coefficient (Wildman–Crippen LogP) is 1.84. The van der Waals surface area contributed by atoms with Crippen LogP contribution in [0, 0.1) is 5.92 Å². The molecule has 0 aliphatic carbocycles. The number of carbonyl (C=O) groups is 2. The van der Waals surface area contributed by atoms with Gasteiger partial charge in [-0.2, -0.15) is 5.10 Å². The van der Waals surface area contributed by atoms with Gasteiger partial charge in [0.15, 0.2) is 5.69 Å². The van der Waals surface area contributed by atoms with Gasteiger partial charge in [-0.3, -0.25) is 9.59 Å². The maximum atomic E-state index is 12.3. The molecule has 1 aliphatic heterocycles. The number of hydrogen-bond acceptors (Lipinski definition) is 4. The maximum Gasteiger partial charge on any atom is 0.271 e. The van der Waals surface area contributed by atoms with Crippen LogP contribution in [0.1, 0.15) is 29.8 Å². The fourth-order valence-electron chi connectivity index (χ4n) is 3.30. The van der Waals surface area contributed by atoms with E-state index in [0.29, 0.717) is 23.8 Å². The van der Waals surface area contributed by atoms with Crippen LogP contribution in [0.5, 0.6) is 0 Å². The molecule has 2 heterocycles. The lowest BCUT2D eigenvalue weighted by Gasteiger charge is -2.31. The van der Waals surface area contributed by atoms with E-state index in [1.54, 1.807) is 23.0 Å². The Morgan fingerprint density at radius 1 is 1.30 bits per heavy atom. The summed E-state index contributed by atoms with van der Waals surface area (Å²) in [6, 6.07) is 9.00. The number of likely N-dealkylation sites (tertiary alicyclic amines) is 1. The molecule has 0 saturated carbocycles. The Morgan fingerprint density at radius 2 is 2.11 bits per heavy atom. The van der Waals surface area contributed by atoms with Gasteiger partial charge in [0.05, 0.1) is 16.6 Å². The molecule has 0 bridgehead atoms. The van der Waals surface area contributed by atoms with Gasteiger partial charge in [0.2, 0.25) is 5.91 Å². The third kappa shape index (κ3) is 5.08. The summed E-state index contributed by atoms with van der Waals surface area (Å²) < 4.78 is 1.59. The highest BCUT2D eigenvalue weighted by molar-refractivity contribution is 6.32. The lowest BCUT2D eigenvalue weighted by atomic mass is 9.97. The molecular weight excluding hydrogens is 366 g/mol. The molecule has 1 saturated heterocycles. The van der Waals surface area contributed by atoms with E-state index in [9.17, 15) is 9.59 Å². The molecule has 1 fully saturated rings. The van der Waals surface area contributed by atoms with Gasteiger partial charge in [0.1, 0.15) is 0 Å². The summed E-state index contributed by atoms with van der Waals surface area (Å²) in [5.74, 6) is -0.487. The van der Waals surface area contributed by atoms with Crippen molar-refractivity contribution >= 4 is 23.4 Å². The monoisotopic (exact) mass is 389 g/mol. The lowest BCUT2D eigenvalue weighted by molar-refractivity contribution is -0.123. The number of nitrogens with two attached hydrogens (primary N) is 1. The normalized spacial score (nSPS) is 17.6. The summed E-state index contributed by atoms with van der Waals surface area (Å²) in [7, 11) is 0. The summed E-state index contributed by atoms with van der Waals surface area (Å²) in [6.07, 6.45) is 4.38. The molecule has 1 aliphatic rings. The van der Waals surface area contributed by atoms with Crippen LogP contribution in [0.15, 0.2) is 36.5 Å². The molecular formula is C19H24ClN5O2. The minimum atomic E-state index is -0.220. The van der Waals surface area contributed by atoms with Crippen molar-refractivity contribution in [3.8, 4) is 5.69 Å². The Kier molecular flexibility index (Phi) is 6.47. The van der Waals surface area contributed by atoms with Crippen molar-refractivity contribution in [1.29, 1.82) is 0 Å². The van der Waals surface area contributed by atoms with Crippen LogP contribution in [-0.4, -0.2) is 52.7 Å². The van der Waals surface area contributed by atoms with Gasteiger partial charge in [-0.15, -0.1) is 0 Å². The average molecular weight is 390 g/mol. The van der Waals surface area contributed by atoms with E-state index >= 15 is 0 Å². The van der Waals surface area contributed by atoms with E-state index in [4.69, 9.17) is 17.3 Å². The second kappa shape index (κ2) is 9.01. The van der Waals surface area contributed by atoms with Gasteiger partial charge in [-0.25, -0.2) is 4.68 Å². The van der Waals surface area contributed by atoms with Crippen molar-refractivity contribution in [2.45, 2.75) is 19.3 Å². The van der Waals surface area contributed by atoms with E-state index in [2.05, 4.69) is 15.3 Å². The minimum Gasteiger partial charge on any atom is -0.369 e. The number of carbonyl (C=O) groups excluding carboxylic acids is 2. The van der Waals surface area contributed by atoms with Gasteiger partial charge in [-0.1, -0.05) is 23.7 Å². The number of rotatable bonds is 7. The first kappa shape index (κ1) is 19.4. The number of aromatic nitrogens is 2. The highest BCUT2D eigenvalue weighted by Gasteiger charge is 2.23. The topological polar surface area (TPSA) is 93.3 Å². The number of piperidine rings is 1. The van der Waals surface area contributed by atoms with E-state index in [-0.39, 0.29) is 17.7 Å².